The number of hydrogen-bond acceptors (Lipinski definition) is 5. The Bertz CT molecular complexity index is 572. The molecule has 1 amide bonds. The van der Waals surface area contributed by atoms with Gasteiger partial charge in [0.1, 0.15) is 11.9 Å². The van der Waals surface area contributed by atoms with Crippen molar-refractivity contribution < 1.29 is 14.3 Å². The molecule has 1 saturated heterocycles. The lowest BCUT2D eigenvalue weighted by Crippen LogP contribution is -2.46. The van der Waals surface area contributed by atoms with Gasteiger partial charge in [0.15, 0.2) is 0 Å². The van der Waals surface area contributed by atoms with Gasteiger partial charge >= 0.3 is 5.97 Å². The first-order chi connectivity index (χ1) is 9.95. The molecule has 6 heteroatoms. The van der Waals surface area contributed by atoms with Gasteiger partial charge in [-0.1, -0.05) is 0 Å². The van der Waals surface area contributed by atoms with Gasteiger partial charge in [-0.2, -0.15) is 0 Å². The Kier molecular flexibility index (Phi) is 4.45. The van der Waals surface area contributed by atoms with E-state index >= 15 is 0 Å². The van der Waals surface area contributed by atoms with E-state index in [-0.39, 0.29) is 5.97 Å². The fourth-order valence-electron chi connectivity index (χ4n) is 2.90. The van der Waals surface area contributed by atoms with Crippen molar-refractivity contribution in [2.45, 2.75) is 39.2 Å². The lowest BCUT2D eigenvalue weighted by molar-refractivity contribution is -0.142. The predicted molar refractivity (Wildman–Crippen MR) is 79.2 cm³/mol. The van der Waals surface area contributed by atoms with Crippen LogP contribution in [-0.4, -0.2) is 36.6 Å². The van der Waals surface area contributed by atoms with Crippen molar-refractivity contribution in [3.05, 3.63) is 22.9 Å². The van der Waals surface area contributed by atoms with E-state index in [1.807, 2.05) is 24.8 Å². The molecule has 21 heavy (non-hydrogen) atoms. The van der Waals surface area contributed by atoms with Gasteiger partial charge in [-0.15, -0.1) is 0 Å². The maximum Gasteiger partial charge on any atom is 0.328 e. The summed E-state index contributed by atoms with van der Waals surface area (Å²) in [5.74, 6) is -0.328. The molecule has 1 fully saturated rings. The Balaban J connectivity index is 2.52. The van der Waals surface area contributed by atoms with Crippen LogP contribution in [0.1, 0.15) is 40.9 Å². The molecule has 114 valence electrons. The molecule has 0 radical (unpaired) electrons. The molecule has 2 N–H and O–H groups in total. The summed E-state index contributed by atoms with van der Waals surface area (Å²) >= 11 is 0. The van der Waals surface area contributed by atoms with Crippen LogP contribution in [0.3, 0.4) is 0 Å². The number of piperidine rings is 1. The smallest absolute Gasteiger partial charge is 0.328 e. The van der Waals surface area contributed by atoms with Gasteiger partial charge in [0, 0.05) is 12.2 Å². The maximum absolute atomic E-state index is 12.0. The van der Waals surface area contributed by atoms with E-state index < -0.39 is 11.9 Å². The molecule has 1 aromatic heterocycles. The molecule has 1 unspecified atom stereocenters. The molecule has 0 aromatic carbocycles. The number of nitrogens with two attached hydrogens (primary N) is 1. The number of methoxy groups -OCH3 is 1. The minimum Gasteiger partial charge on any atom is -0.467 e. The lowest BCUT2D eigenvalue weighted by atomic mass is 10.00. The van der Waals surface area contributed by atoms with Crippen LogP contribution in [0.2, 0.25) is 0 Å². The third kappa shape index (κ3) is 2.99. The minimum atomic E-state index is -0.524. The number of carbonyl (C=O) groups is 2. The van der Waals surface area contributed by atoms with E-state index in [0.29, 0.717) is 24.3 Å². The Morgan fingerprint density at radius 3 is 2.71 bits per heavy atom. The summed E-state index contributed by atoms with van der Waals surface area (Å²) < 4.78 is 4.88. The van der Waals surface area contributed by atoms with Gasteiger partial charge in [0.2, 0.25) is 0 Å². The maximum atomic E-state index is 12.0. The molecule has 0 aliphatic carbocycles. The first kappa shape index (κ1) is 15.3. The molecule has 6 nitrogen and oxygen atoms in total. The number of aryl methyl sites for hydroxylation is 2. The summed E-state index contributed by atoms with van der Waals surface area (Å²) in [7, 11) is 1.37. The zero-order chi connectivity index (χ0) is 15.6. The van der Waals surface area contributed by atoms with E-state index in [4.69, 9.17) is 10.5 Å². The average Bonchev–Trinajstić information content (AvgIpc) is 2.45. The molecular formula is C15H21N3O3. The van der Waals surface area contributed by atoms with E-state index in [2.05, 4.69) is 4.98 Å². The minimum absolute atomic E-state index is 0.300. The molecule has 0 saturated carbocycles. The van der Waals surface area contributed by atoms with Crippen molar-refractivity contribution in [2.24, 2.45) is 5.73 Å². The molecule has 1 aromatic rings. The lowest BCUT2D eigenvalue weighted by Gasteiger charge is -2.35. The van der Waals surface area contributed by atoms with Gasteiger partial charge in [0.05, 0.1) is 12.7 Å². The highest BCUT2D eigenvalue weighted by Gasteiger charge is 2.33. The number of anilines is 1. The Labute approximate surface area is 124 Å². The topological polar surface area (TPSA) is 85.5 Å². The highest BCUT2D eigenvalue weighted by molar-refractivity contribution is 6.00. The first-order valence-corrected chi connectivity index (χ1v) is 7.08. The van der Waals surface area contributed by atoms with E-state index in [1.54, 1.807) is 0 Å². The van der Waals surface area contributed by atoms with Crippen LogP contribution in [-0.2, 0) is 9.53 Å². The summed E-state index contributed by atoms with van der Waals surface area (Å²) in [5.41, 5.74) is 7.46. The molecular weight excluding hydrogens is 270 g/mol. The number of ether oxygens (including phenoxy) is 1. The second kappa shape index (κ2) is 6.11. The molecule has 2 rings (SSSR count). The van der Waals surface area contributed by atoms with E-state index in [0.717, 1.165) is 24.1 Å². The van der Waals surface area contributed by atoms with Crippen molar-refractivity contribution >= 4 is 17.7 Å². The van der Waals surface area contributed by atoms with Crippen LogP contribution >= 0.6 is 0 Å². The number of esters is 1. The van der Waals surface area contributed by atoms with Crippen LogP contribution in [0.4, 0.5) is 5.82 Å². The number of carbonyl (C=O) groups excluding carboxylic acids is 2. The van der Waals surface area contributed by atoms with Gasteiger partial charge in [-0.25, -0.2) is 9.78 Å². The monoisotopic (exact) mass is 291 g/mol. The normalized spacial score (nSPS) is 18.4. The molecule has 2 heterocycles. The second-order valence-corrected chi connectivity index (χ2v) is 5.37. The van der Waals surface area contributed by atoms with Crippen LogP contribution < -0.4 is 10.6 Å². The SMILES string of the molecule is COC(=O)C1CCCCN1c1nc(C)cc(C)c1C(N)=O. The number of rotatable bonds is 3. The number of nitrogens with zero attached hydrogens (tertiary/aromatic N) is 2. The Morgan fingerprint density at radius 1 is 1.38 bits per heavy atom. The Morgan fingerprint density at radius 2 is 2.10 bits per heavy atom. The summed E-state index contributed by atoms with van der Waals surface area (Å²) in [4.78, 5) is 30.1. The summed E-state index contributed by atoms with van der Waals surface area (Å²) in [6, 6.07) is 1.41. The predicted octanol–water partition coefficient (Wildman–Crippen LogP) is 1.33. The summed E-state index contributed by atoms with van der Waals surface area (Å²) in [5, 5.41) is 0. The number of aromatic nitrogens is 1. The van der Waals surface area contributed by atoms with Gasteiger partial charge < -0.3 is 15.4 Å². The molecule has 1 atom stereocenters. The zero-order valence-electron chi connectivity index (χ0n) is 12.7. The van der Waals surface area contributed by atoms with Crippen molar-refractivity contribution in [2.75, 3.05) is 18.6 Å². The molecule has 0 spiro atoms. The van der Waals surface area contributed by atoms with Crippen molar-refractivity contribution in [1.82, 2.24) is 4.98 Å². The Hall–Kier alpha value is -2.11. The second-order valence-electron chi connectivity index (χ2n) is 5.37. The summed E-state index contributed by atoms with van der Waals surface area (Å²) in [6.45, 7) is 4.35. The number of amides is 1. The van der Waals surface area contributed by atoms with Crippen molar-refractivity contribution in [3.8, 4) is 0 Å². The molecule has 1 aliphatic rings. The zero-order valence-corrected chi connectivity index (χ0v) is 12.7. The van der Waals surface area contributed by atoms with Gasteiger partial charge in [-0.05, 0) is 44.7 Å². The van der Waals surface area contributed by atoms with Crippen molar-refractivity contribution in [1.29, 1.82) is 0 Å². The quantitative estimate of drug-likeness (QED) is 0.849. The third-order valence-electron chi connectivity index (χ3n) is 3.82. The van der Waals surface area contributed by atoms with E-state index in [9.17, 15) is 9.59 Å². The largest absolute Gasteiger partial charge is 0.467 e. The molecule has 0 bridgehead atoms. The fraction of sp³-hybridized carbons (Fsp3) is 0.533. The third-order valence-corrected chi connectivity index (χ3v) is 3.82. The van der Waals surface area contributed by atoms with Gasteiger partial charge in [0.25, 0.3) is 5.91 Å². The van der Waals surface area contributed by atoms with Crippen molar-refractivity contribution in [3.63, 3.8) is 0 Å². The summed E-state index contributed by atoms with van der Waals surface area (Å²) in [6.07, 6.45) is 2.59. The van der Waals surface area contributed by atoms with Crippen LogP contribution in [0.5, 0.6) is 0 Å². The first-order valence-electron chi connectivity index (χ1n) is 7.08. The fourth-order valence-corrected chi connectivity index (χ4v) is 2.90. The van der Waals surface area contributed by atoms with Gasteiger partial charge in [-0.3, -0.25) is 4.79 Å². The van der Waals surface area contributed by atoms with E-state index in [1.165, 1.54) is 7.11 Å². The highest BCUT2D eigenvalue weighted by Crippen LogP contribution is 2.29. The van der Waals surface area contributed by atoms with Crippen LogP contribution in [0.25, 0.3) is 0 Å². The molecule has 1 aliphatic heterocycles. The number of primary amides is 1. The standard InChI is InChI=1S/C15H21N3O3/c1-9-8-10(2)17-14(12(9)13(16)19)18-7-5-4-6-11(18)15(20)21-3/h8,11H,4-7H2,1-3H3,(H2,16,19). The van der Waals surface area contributed by atoms with Crippen LogP contribution in [0.15, 0.2) is 6.07 Å². The average molecular weight is 291 g/mol. The number of pyridine rings is 1. The van der Waals surface area contributed by atoms with Crippen LogP contribution in [0, 0.1) is 13.8 Å². The highest BCUT2D eigenvalue weighted by atomic mass is 16.5. The number of hydrogen-bond donors (Lipinski definition) is 1.